The zero-order valence-corrected chi connectivity index (χ0v) is 18.0. The molecule has 1 aliphatic rings. The van der Waals surface area contributed by atoms with Crippen molar-refractivity contribution < 1.29 is 9.53 Å². The molecule has 28 heavy (non-hydrogen) atoms. The molecule has 0 spiro atoms. The van der Waals surface area contributed by atoms with Crippen molar-refractivity contribution in [2.24, 2.45) is 0 Å². The number of hydrogen-bond donors (Lipinski definition) is 0. The highest BCUT2D eigenvalue weighted by atomic mass is 32.2. The van der Waals surface area contributed by atoms with Crippen LogP contribution < -0.4 is 4.74 Å². The molecular weight excluding hydrogens is 370 g/mol. The van der Waals surface area contributed by atoms with Gasteiger partial charge < -0.3 is 9.64 Å². The number of carbonyl (C=O) groups excluding carboxylic acids is 1. The minimum Gasteiger partial charge on any atom is -0.494 e. The number of aryl methyl sites for hydroxylation is 2. The van der Waals surface area contributed by atoms with E-state index in [9.17, 15) is 4.79 Å². The maximum Gasteiger partial charge on any atom is 0.223 e. The van der Waals surface area contributed by atoms with Gasteiger partial charge in [0.1, 0.15) is 5.75 Å². The summed E-state index contributed by atoms with van der Waals surface area (Å²) in [5.74, 6) is 1.09. The summed E-state index contributed by atoms with van der Waals surface area (Å²) in [6, 6.07) is 8.34. The summed E-state index contributed by atoms with van der Waals surface area (Å²) in [5.41, 5.74) is 4.25. The summed E-state index contributed by atoms with van der Waals surface area (Å²) in [7, 11) is 0. The fourth-order valence-corrected chi connectivity index (χ4v) is 4.36. The van der Waals surface area contributed by atoms with Gasteiger partial charge in [-0.2, -0.15) is 0 Å². The van der Waals surface area contributed by atoms with Gasteiger partial charge in [-0.1, -0.05) is 23.9 Å². The first-order valence-electron chi connectivity index (χ1n) is 9.93. The van der Waals surface area contributed by atoms with Gasteiger partial charge in [-0.05, 0) is 69.5 Å². The lowest BCUT2D eigenvalue weighted by Crippen LogP contribution is -2.30. The molecule has 1 unspecified atom stereocenters. The Balaban J connectivity index is 1.67. The van der Waals surface area contributed by atoms with E-state index in [2.05, 4.69) is 22.1 Å². The second-order valence-corrected chi connectivity index (χ2v) is 7.88. The van der Waals surface area contributed by atoms with E-state index in [4.69, 9.17) is 4.74 Å². The van der Waals surface area contributed by atoms with Gasteiger partial charge >= 0.3 is 0 Å². The lowest BCUT2D eigenvalue weighted by atomic mass is 10.0. The molecule has 6 heteroatoms. The number of ether oxygens (including phenoxy) is 1. The number of aromatic nitrogens is 2. The normalized spacial score (nSPS) is 16.4. The van der Waals surface area contributed by atoms with Crippen LogP contribution in [0.15, 0.2) is 29.4 Å². The maximum atomic E-state index is 13.0. The molecule has 0 N–H and O–H groups in total. The van der Waals surface area contributed by atoms with Gasteiger partial charge in [0.05, 0.1) is 12.6 Å². The van der Waals surface area contributed by atoms with E-state index in [1.54, 1.807) is 11.8 Å². The standard InChI is InChI=1S/C22H29N3O2S/c1-5-27-18-10-8-17(9-11-18)20-7-6-14-25(20)21(26)13-12-19-15(2)23-22(28-4)24-16(19)3/h8-11,20H,5-7,12-14H2,1-4H3. The minimum absolute atomic E-state index is 0.167. The Hall–Kier alpha value is -2.08. The van der Waals surface area contributed by atoms with Gasteiger partial charge in [-0.15, -0.1) is 0 Å². The molecule has 2 heterocycles. The van der Waals surface area contributed by atoms with E-state index in [-0.39, 0.29) is 11.9 Å². The Morgan fingerprint density at radius 3 is 2.50 bits per heavy atom. The number of carbonyl (C=O) groups is 1. The van der Waals surface area contributed by atoms with Crippen molar-refractivity contribution in [1.29, 1.82) is 0 Å². The summed E-state index contributed by atoms with van der Waals surface area (Å²) in [5, 5.41) is 0.792. The van der Waals surface area contributed by atoms with Gasteiger partial charge in [0.2, 0.25) is 5.91 Å². The third-order valence-corrected chi connectivity index (χ3v) is 5.87. The summed E-state index contributed by atoms with van der Waals surface area (Å²) < 4.78 is 5.53. The van der Waals surface area contributed by atoms with Gasteiger partial charge in [0, 0.05) is 24.4 Å². The van der Waals surface area contributed by atoms with Crippen molar-refractivity contribution in [3.8, 4) is 5.75 Å². The SMILES string of the molecule is CCOc1ccc(C2CCCN2C(=O)CCc2c(C)nc(SC)nc2C)cc1. The Morgan fingerprint density at radius 1 is 1.21 bits per heavy atom. The first-order chi connectivity index (χ1) is 13.5. The third kappa shape index (κ3) is 4.66. The van der Waals surface area contributed by atoms with E-state index in [0.29, 0.717) is 19.4 Å². The number of benzene rings is 1. The van der Waals surface area contributed by atoms with E-state index in [1.807, 2.05) is 44.1 Å². The van der Waals surface area contributed by atoms with Crippen LogP contribution in [0.3, 0.4) is 0 Å². The molecule has 0 bridgehead atoms. The van der Waals surface area contributed by atoms with Crippen molar-refractivity contribution in [3.63, 3.8) is 0 Å². The number of rotatable bonds is 7. The van der Waals surface area contributed by atoms with Crippen molar-refractivity contribution in [2.45, 2.75) is 57.7 Å². The third-order valence-electron chi connectivity index (χ3n) is 5.32. The molecule has 1 saturated heterocycles. The summed E-state index contributed by atoms with van der Waals surface area (Å²) in [4.78, 5) is 24.1. The highest BCUT2D eigenvalue weighted by molar-refractivity contribution is 7.98. The van der Waals surface area contributed by atoms with Crippen LogP contribution in [0.1, 0.15) is 54.7 Å². The van der Waals surface area contributed by atoms with Crippen molar-refractivity contribution in [2.75, 3.05) is 19.4 Å². The Bertz CT molecular complexity index is 800. The van der Waals surface area contributed by atoms with Gasteiger partial charge in [-0.3, -0.25) is 4.79 Å². The fourth-order valence-electron chi connectivity index (χ4n) is 3.90. The zero-order chi connectivity index (χ0) is 20.1. The highest BCUT2D eigenvalue weighted by Gasteiger charge is 2.29. The van der Waals surface area contributed by atoms with Crippen LogP contribution in [0.2, 0.25) is 0 Å². The van der Waals surface area contributed by atoms with E-state index >= 15 is 0 Å². The Kier molecular flexibility index (Phi) is 6.94. The number of amides is 1. The first kappa shape index (κ1) is 20.6. The first-order valence-corrected chi connectivity index (χ1v) is 11.2. The molecule has 1 atom stereocenters. The lowest BCUT2D eigenvalue weighted by molar-refractivity contribution is -0.132. The topological polar surface area (TPSA) is 55.3 Å². The van der Waals surface area contributed by atoms with Crippen LogP contribution in [0, 0.1) is 13.8 Å². The second kappa shape index (κ2) is 9.41. The molecule has 1 aliphatic heterocycles. The maximum absolute atomic E-state index is 13.0. The number of nitrogens with zero attached hydrogens (tertiary/aromatic N) is 3. The summed E-state index contributed by atoms with van der Waals surface area (Å²) in [6.45, 7) is 7.48. The summed E-state index contributed by atoms with van der Waals surface area (Å²) >= 11 is 1.55. The molecule has 0 aliphatic carbocycles. The van der Waals surface area contributed by atoms with E-state index < -0.39 is 0 Å². The minimum atomic E-state index is 0.167. The molecule has 1 amide bonds. The molecule has 150 valence electrons. The van der Waals surface area contributed by atoms with Gasteiger partial charge in [0.25, 0.3) is 0 Å². The number of likely N-dealkylation sites (tertiary alicyclic amines) is 1. The molecule has 0 radical (unpaired) electrons. The molecule has 1 fully saturated rings. The van der Waals surface area contributed by atoms with E-state index in [0.717, 1.165) is 47.2 Å². The predicted octanol–water partition coefficient (Wildman–Crippen LogP) is 4.51. The molecule has 0 saturated carbocycles. The smallest absolute Gasteiger partial charge is 0.223 e. The van der Waals surface area contributed by atoms with Gasteiger partial charge in [0.15, 0.2) is 5.16 Å². The largest absolute Gasteiger partial charge is 0.494 e. The monoisotopic (exact) mass is 399 g/mol. The fraction of sp³-hybridized carbons (Fsp3) is 0.500. The van der Waals surface area contributed by atoms with Crippen molar-refractivity contribution in [3.05, 3.63) is 46.8 Å². The number of thioether (sulfide) groups is 1. The number of hydrogen-bond acceptors (Lipinski definition) is 5. The van der Waals surface area contributed by atoms with Crippen molar-refractivity contribution >= 4 is 17.7 Å². The molecule has 3 rings (SSSR count). The van der Waals surface area contributed by atoms with Crippen LogP contribution in [-0.4, -0.2) is 40.2 Å². The van der Waals surface area contributed by atoms with Crippen LogP contribution in [0.5, 0.6) is 5.75 Å². The summed E-state index contributed by atoms with van der Waals surface area (Å²) in [6.07, 6.45) is 5.23. The Labute approximate surface area is 171 Å². The molecule has 2 aromatic rings. The lowest BCUT2D eigenvalue weighted by Gasteiger charge is -2.25. The molecule has 5 nitrogen and oxygen atoms in total. The van der Waals surface area contributed by atoms with Crippen LogP contribution >= 0.6 is 11.8 Å². The average molecular weight is 400 g/mol. The molecule has 1 aromatic heterocycles. The second-order valence-electron chi connectivity index (χ2n) is 7.11. The van der Waals surface area contributed by atoms with Gasteiger partial charge in [-0.25, -0.2) is 9.97 Å². The highest BCUT2D eigenvalue weighted by Crippen LogP contribution is 2.33. The van der Waals surface area contributed by atoms with Crippen LogP contribution in [0.25, 0.3) is 0 Å². The van der Waals surface area contributed by atoms with Crippen molar-refractivity contribution in [1.82, 2.24) is 14.9 Å². The Morgan fingerprint density at radius 2 is 1.89 bits per heavy atom. The molecule has 1 aromatic carbocycles. The predicted molar refractivity (Wildman–Crippen MR) is 113 cm³/mol. The van der Waals surface area contributed by atoms with Crippen LogP contribution in [0.4, 0.5) is 0 Å². The quantitative estimate of drug-likeness (QED) is 0.506. The van der Waals surface area contributed by atoms with Crippen LogP contribution in [-0.2, 0) is 11.2 Å². The van der Waals surface area contributed by atoms with E-state index in [1.165, 1.54) is 5.56 Å². The average Bonchev–Trinajstić information content (AvgIpc) is 3.17. The molecular formula is C22H29N3O2S. The zero-order valence-electron chi connectivity index (χ0n) is 17.2.